The summed E-state index contributed by atoms with van der Waals surface area (Å²) in [6.07, 6.45) is 3.29. The van der Waals surface area contributed by atoms with E-state index in [0.29, 0.717) is 6.54 Å². The van der Waals surface area contributed by atoms with E-state index in [9.17, 15) is 0 Å². The Balaban J connectivity index is 2.47. The van der Waals surface area contributed by atoms with Crippen molar-refractivity contribution in [2.75, 3.05) is 0 Å². The normalized spacial score (nSPS) is 14.0. The highest BCUT2D eigenvalue weighted by Crippen LogP contribution is 2.13. The predicted molar refractivity (Wildman–Crippen MR) is 38.2 cm³/mol. The van der Waals surface area contributed by atoms with E-state index in [-0.39, 0.29) is 0 Å². The Morgan fingerprint density at radius 2 is 2.40 bits per heavy atom. The van der Waals surface area contributed by atoms with E-state index >= 15 is 0 Å². The fraction of sp³-hybridized carbons (Fsp3) is 0.143. The average molecular weight is 132 g/mol. The molecular formula is C7H6N3. The summed E-state index contributed by atoms with van der Waals surface area (Å²) in [7, 11) is 0. The number of fused-ring (bicyclic) bond motifs is 1. The van der Waals surface area contributed by atoms with Gasteiger partial charge in [0.1, 0.15) is 6.34 Å². The summed E-state index contributed by atoms with van der Waals surface area (Å²) in [4.78, 5) is 8.05. The van der Waals surface area contributed by atoms with Crippen LogP contribution in [-0.4, -0.2) is 11.3 Å². The van der Waals surface area contributed by atoms with Crippen LogP contribution in [0.15, 0.2) is 23.3 Å². The lowest BCUT2D eigenvalue weighted by Crippen LogP contribution is -2.05. The van der Waals surface area contributed by atoms with Gasteiger partial charge in [0, 0.05) is 11.8 Å². The summed E-state index contributed by atoms with van der Waals surface area (Å²) < 4.78 is 0. The molecule has 0 aromatic carbocycles. The lowest BCUT2D eigenvalue weighted by atomic mass is 10.2. The molecule has 0 bridgehead atoms. The molecule has 3 heteroatoms. The highest BCUT2D eigenvalue weighted by molar-refractivity contribution is 5.65. The van der Waals surface area contributed by atoms with Crippen molar-refractivity contribution in [2.24, 2.45) is 4.99 Å². The van der Waals surface area contributed by atoms with Crippen LogP contribution in [0, 0.1) is 0 Å². The maximum absolute atomic E-state index is 4.06. The Morgan fingerprint density at radius 1 is 1.40 bits per heavy atom. The molecule has 0 saturated heterocycles. The first-order chi connectivity index (χ1) is 4.97. The summed E-state index contributed by atoms with van der Waals surface area (Å²) >= 11 is 0. The number of hydrogen-bond donors (Lipinski definition) is 0. The van der Waals surface area contributed by atoms with Gasteiger partial charge in [0.05, 0.1) is 6.54 Å². The minimum Gasteiger partial charge on any atom is -0.269 e. The fourth-order valence-corrected chi connectivity index (χ4v) is 0.905. The van der Waals surface area contributed by atoms with Crippen molar-refractivity contribution in [1.82, 2.24) is 10.3 Å². The van der Waals surface area contributed by atoms with Crippen LogP contribution in [0.2, 0.25) is 0 Å². The first-order valence-electron chi connectivity index (χ1n) is 3.10. The van der Waals surface area contributed by atoms with E-state index in [2.05, 4.69) is 15.3 Å². The average Bonchev–Trinajstić information content (AvgIpc) is 2.05. The first kappa shape index (κ1) is 5.41. The van der Waals surface area contributed by atoms with Gasteiger partial charge in [0.25, 0.3) is 0 Å². The van der Waals surface area contributed by atoms with Crippen LogP contribution < -0.4 is 5.32 Å². The summed E-state index contributed by atoms with van der Waals surface area (Å²) in [5.41, 5.74) is 1.10. The third-order valence-electron chi connectivity index (χ3n) is 1.39. The van der Waals surface area contributed by atoms with Crippen molar-refractivity contribution in [3.8, 4) is 0 Å². The quantitative estimate of drug-likeness (QED) is 0.516. The largest absolute Gasteiger partial charge is 0.269 e. The molecular weight excluding hydrogens is 126 g/mol. The third kappa shape index (κ3) is 0.757. The van der Waals surface area contributed by atoms with Crippen LogP contribution in [0.5, 0.6) is 0 Å². The Kier molecular flexibility index (Phi) is 1.13. The minimum atomic E-state index is 0.715. The summed E-state index contributed by atoms with van der Waals surface area (Å²) in [5.74, 6) is 0.803. The smallest absolute Gasteiger partial charge is 0.158 e. The van der Waals surface area contributed by atoms with E-state index < -0.39 is 0 Å². The van der Waals surface area contributed by atoms with Gasteiger partial charge in [-0.25, -0.2) is 10.3 Å². The van der Waals surface area contributed by atoms with Crippen LogP contribution >= 0.6 is 0 Å². The van der Waals surface area contributed by atoms with Gasteiger partial charge in [-0.2, -0.15) is 0 Å². The number of pyridine rings is 1. The number of nitrogens with zero attached hydrogens (tertiary/aromatic N) is 3. The Morgan fingerprint density at radius 3 is 3.30 bits per heavy atom. The molecule has 1 aliphatic rings. The number of aliphatic imine (C=N–C) groups is 1. The molecule has 0 spiro atoms. The van der Waals surface area contributed by atoms with Gasteiger partial charge >= 0.3 is 0 Å². The molecule has 0 amide bonds. The van der Waals surface area contributed by atoms with Crippen molar-refractivity contribution in [1.29, 1.82) is 0 Å². The van der Waals surface area contributed by atoms with E-state index in [4.69, 9.17) is 0 Å². The summed E-state index contributed by atoms with van der Waals surface area (Å²) in [6.45, 7) is 0.715. The van der Waals surface area contributed by atoms with Gasteiger partial charge in [-0.1, -0.05) is 6.07 Å². The third-order valence-corrected chi connectivity index (χ3v) is 1.39. The second kappa shape index (κ2) is 2.10. The molecule has 0 fully saturated rings. The van der Waals surface area contributed by atoms with Gasteiger partial charge in [0.2, 0.25) is 0 Å². The number of aromatic nitrogens is 1. The molecule has 2 heterocycles. The van der Waals surface area contributed by atoms with Crippen LogP contribution in [0.25, 0.3) is 0 Å². The summed E-state index contributed by atoms with van der Waals surface area (Å²) in [6, 6.07) is 3.89. The second-order valence-corrected chi connectivity index (χ2v) is 2.07. The van der Waals surface area contributed by atoms with Crippen LogP contribution in [0.1, 0.15) is 5.56 Å². The molecule has 1 aromatic rings. The molecule has 0 aliphatic carbocycles. The number of rotatable bonds is 0. The second-order valence-electron chi connectivity index (χ2n) is 2.07. The highest BCUT2D eigenvalue weighted by Gasteiger charge is 2.04. The molecule has 1 aromatic heterocycles. The number of hydrogen-bond acceptors (Lipinski definition) is 2. The lowest BCUT2D eigenvalue weighted by Gasteiger charge is -2.06. The molecule has 0 atom stereocenters. The monoisotopic (exact) mass is 132 g/mol. The molecule has 10 heavy (non-hydrogen) atoms. The zero-order valence-electron chi connectivity index (χ0n) is 5.36. The van der Waals surface area contributed by atoms with Crippen LogP contribution in [0.4, 0.5) is 5.82 Å². The van der Waals surface area contributed by atoms with Gasteiger partial charge in [-0.3, -0.25) is 4.99 Å². The molecule has 2 rings (SSSR count). The minimum absolute atomic E-state index is 0.715. The molecule has 3 nitrogen and oxygen atoms in total. The van der Waals surface area contributed by atoms with Crippen molar-refractivity contribution in [3.63, 3.8) is 0 Å². The Labute approximate surface area is 58.8 Å². The molecule has 1 radical (unpaired) electrons. The van der Waals surface area contributed by atoms with Crippen LogP contribution in [0.3, 0.4) is 0 Å². The van der Waals surface area contributed by atoms with Crippen molar-refractivity contribution >= 4 is 12.2 Å². The van der Waals surface area contributed by atoms with Crippen molar-refractivity contribution in [3.05, 3.63) is 23.9 Å². The van der Waals surface area contributed by atoms with Gasteiger partial charge in [0.15, 0.2) is 5.82 Å². The van der Waals surface area contributed by atoms with Gasteiger partial charge < -0.3 is 0 Å². The Hall–Kier alpha value is -1.38. The standard InChI is InChI=1S/C7H6N3/c1-2-6-4-8-5-10-7(6)9-3-1/h1-3,5H,4H2. The van der Waals surface area contributed by atoms with E-state index in [1.165, 1.54) is 0 Å². The van der Waals surface area contributed by atoms with Gasteiger partial charge in [-0.05, 0) is 6.07 Å². The van der Waals surface area contributed by atoms with Gasteiger partial charge in [-0.15, -0.1) is 0 Å². The zero-order chi connectivity index (χ0) is 6.81. The maximum Gasteiger partial charge on any atom is 0.158 e. The molecule has 1 aliphatic heterocycles. The van der Waals surface area contributed by atoms with E-state index in [1.807, 2.05) is 12.1 Å². The SMILES string of the molecule is C1=NCc2cccnc2[N]1. The molecule has 0 unspecified atom stereocenters. The van der Waals surface area contributed by atoms with E-state index in [0.717, 1.165) is 11.4 Å². The lowest BCUT2D eigenvalue weighted by molar-refractivity contribution is 0.967. The fourth-order valence-electron chi connectivity index (χ4n) is 0.905. The van der Waals surface area contributed by atoms with Crippen molar-refractivity contribution < 1.29 is 0 Å². The highest BCUT2D eigenvalue weighted by atomic mass is 15.0. The summed E-state index contributed by atoms with van der Waals surface area (Å²) in [5, 5.41) is 3.99. The van der Waals surface area contributed by atoms with Crippen molar-refractivity contribution in [2.45, 2.75) is 6.54 Å². The first-order valence-corrected chi connectivity index (χ1v) is 3.10. The maximum atomic E-state index is 4.06. The molecule has 0 N–H and O–H groups in total. The molecule has 0 saturated carbocycles. The molecule has 49 valence electrons. The van der Waals surface area contributed by atoms with Crippen LogP contribution in [-0.2, 0) is 6.54 Å². The zero-order valence-corrected chi connectivity index (χ0v) is 5.36. The van der Waals surface area contributed by atoms with E-state index in [1.54, 1.807) is 12.5 Å². The Bertz CT molecular complexity index is 240. The topological polar surface area (TPSA) is 39.4 Å². The predicted octanol–water partition coefficient (Wildman–Crippen LogP) is 0.859.